The first-order chi connectivity index (χ1) is 12.4. The highest BCUT2D eigenvalue weighted by atomic mass is 79.9. The largest absolute Gasteiger partial charge is 0.480 e. The quantitative estimate of drug-likeness (QED) is 0.641. The van der Waals surface area contributed by atoms with Crippen molar-refractivity contribution in [2.24, 2.45) is 0 Å². The summed E-state index contributed by atoms with van der Waals surface area (Å²) in [5.74, 6) is -1.37. The summed E-state index contributed by atoms with van der Waals surface area (Å²) in [6, 6.07) is 6.59. The van der Waals surface area contributed by atoms with Crippen LogP contribution < -0.4 is 5.32 Å². The molecular weight excluding hydrogens is 402 g/mol. The van der Waals surface area contributed by atoms with E-state index < -0.39 is 12.0 Å². The van der Waals surface area contributed by atoms with Crippen LogP contribution in [0.5, 0.6) is 0 Å². The van der Waals surface area contributed by atoms with E-state index >= 15 is 0 Å². The lowest BCUT2D eigenvalue weighted by molar-refractivity contribution is -0.140. The number of carbonyl (C=O) groups excluding carboxylic acids is 1. The van der Waals surface area contributed by atoms with E-state index in [0.717, 1.165) is 10.0 Å². The van der Waals surface area contributed by atoms with Gasteiger partial charge in [0.25, 0.3) is 5.91 Å². The number of benzene rings is 1. The maximum absolute atomic E-state index is 12.4. The van der Waals surface area contributed by atoms with Gasteiger partial charge in [-0.1, -0.05) is 12.1 Å². The Labute approximate surface area is 157 Å². The topological polar surface area (TPSA) is 102 Å². The van der Waals surface area contributed by atoms with Gasteiger partial charge in [0.1, 0.15) is 6.04 Å². The molecule has 3 rings (SSSR count). The van der Waals surface area contributed by atoms with Crippen LogP contribution in [0, 0.1) is 0 Å². The number of hydrogen-bond donors (Lipinski definition) is 2. The summed E-state index contributed by atoms with van der Waals surface area (Å²) in [5, 5.41) is 19.9. The highest BCUT2D eigenvalue weighted by Crippen LogP contribution is 2.15. The Morgan fingerprint density at radius 3 is 2.77 bits per heavy atom. The minimum atomic E-state index is -1.02. The first kappa shape index (κ1) is 17.9. The second kappa shape index (κ2) is 7.52. The van der Waals surface area contributed by atoms with E-state index in [2.05, 4.69) is 31.4 Å². The minimum absolute atomic E-state index is 0.291. The predicted molar refractivity (Wildman–Crippen MR) is 98.0 cm³/mol. The zero-order valence-corrected chi connectivity index (χ0v) is 15.4. The third-order valence-corrected chi connectivity index (χ3v) is 4.16. The molecule has 1 aromatic carbocycles. The number of nitrogens with zero attached hydrogens (tertiary/aromatic N) is 4. The fourth-order valence-electron chi connectivity index (χ4n) is 2.34. The Balaban J connectivity index is 1.69. The number of rotatable bonds is 6. The molecular formula is C17H16BrN5O3. The van der Waals surface area contributed by atoms with E-state index in [9.17, 15) is 9.59 Å². The van der Waals surface area contributed by atoms with E-state index in [1.807, 2.05) is 24.4 Å². The molecule has 3 aromatic rings. The maximum Gasteiger partial charge on any atom is 0.328 e. The standard InChI is InChI=1S/C17H16BrN5O3/c1-11(17(25)26)23-9-13(6-20-23)16(24)21-15-4-2-3-12(5-15)8-22-10-14(18)7-19-22/h2-7,9-11H,8H2,1H3,(H,21,24)(H,25,26). The summed E-state index contributed by atoms with van der Waals surface area (Å²) in [6.45, 7) is 2.07. The van der Waals surface area contributed by atoms with Crippen LogP contribution in [0.1, 0.15) is 28.9 Å². The molecule has 8 nitrogen and oxygen atoms in total. The van der Waals surface area contributed by atoms with Crippen molar-refractivity contribution in [3.63, 3.8) is 0 Å². The lowest BCUT2D eigenvalue weighted by Gasteiger charge is -2.07. The second-order valence-corrected chi connectivity index (χ2v) is 6.65. The van der Waals surface area contributed by atoms with E-state index in [4.69, 9.17) is 5.11 Å². The van der Waals surface area contributed by atoms with Gasteiger partial charge in [0.05, 0.1) is 29.0 Å². The molecule has 1 unspecified atom stereocenters. The van der Waals surface area contributed by atoms with Crippen LogP contribution >= 0.6 is 15.9 Å². The molecule has 0 aliphatic carbocycles. The fraction of sp³-hybridized carbons (Fsp3) is 0.176. The zero-order chi connectivity index (χ0) is 18.7. The number of anilines is 1. The maximum atomic E-state index is 12.4. The smallest absolute Gasteiger partial charge is 0.328 e. The summed E-state index contributed by atoms with van der Waals surface area (Å²) < 4.78 is 3.92. The van der Waals surface area contributed by atoms with E-state index in [1.54, 1.807) is 16.9 Å². The molecule has 2 heterocycles. The first-order valence-electron chi connectivity index (χ1n) is 7.77. The Kier molecular flexibility index (Phi) is 5.17. The van der Waals surface area contributed by atoms with E-state index in [0.29, 0.717) is 17.8 Å². The molecule has 134 valence electrons. The van der Waals surface area contributed by atoms with Crippen LogP contribution in [-0.2, 0) is 11.3 Å². The van der Waals surface area contributed by atoms with Crippen LogP contribution in [0.2, 0.25) is 0 Å². The summed E-state index contributed by atoms with van der Waals surface area (Å²) in [7, 11) is 0. The van der Waals surface area contributed by atoms with Gasteiger partial charge < -0.3 is 10.4 Å². The molecule has 1 amide bonds. The van der Waals surface area contributed by atoms with Crippen LogP contribution in [0.15, 0.2) is 53.5 Å². The van der Waals surface area contributed by atoms with Crippen LogP contribution in [-0.4, -0.2) is 36.5 Å². The van der Waals surface area contributed by atoms with E-state index in [1.165, 1.54) is 24.0 Å². The third kappa shape index (κ3) is 4.17. The summed E-state index contributed by atoms with van der Waals surface area (Å²) in [5.41, 5.74) is 1.91. The zero-order valence-electron chi connectivity index (χ0n) is 13.8. The first-order valence-corrected chi connectivity index (χ1v) is 8.57. The van der Waals surface area contributed by atoms with Gasteiger partial charge in [0.2, 0.25) is 0 Å². The second-order valence-electron chi connectivity index (χ2n) is 5.73. The molecule has 0 aliphatic rings. The molecule has 9 heteroatoms. The molecule has 0 bridgehead atoms. The number of aromatic nitrogens is 4. The van der Waals surface area contributed by atoms with Crippen LogP contribution in [0.4, 0.5) is 5.69 Å². The molecule has 0 saturated heterocycles. The lowest BCUT2D eigenvalue weighted by atomic mass is 10.2. The number of carbonyl (C=O) groups is 2. The van der Waals surface area contributed by atoms with Crippen LogP contribution in [0.3, 0.4) is 0 Å². The lowest BCUT2D eigenvalue weighted by Crippen LogP contribution is -2.16. The summed E-state index contributed by atoms with van der Waals surface area (Å²) >= 11 is 3.35. The minimum Gasteiger partial charge on any atom is -0.480 e. The van der Waals surface area contributed by atoms with Gasteiger partial charge in [-0.05, 0) is 40.5 Å². The van der Waals surface area contributed by atoms with Gasteiger partial charge in [-0.2, -0.15) is 10.2 Å². The highest BCUT2D eigenvalue weighted by Gasteiger charge is 2.16. The number of halogens is 1. The van der Waals surface area contributed by atoms with Crippen molar-refractivity contribution in [3.05, 3.63) is 64.7 Å². The Morgan fingerprint density at radius 1 is 1.27 bits per heavy atom. The van der Waals surface area contributed by atoms with Crippen LogP contribution in [0.25, 0.3) is 0 Å². The molecule has 0 saturated carbocycles. The molecule has 0 spiro atoms. The number of carboxylic acid groups (broad SMARTS) is 1. The monoisotopic (exact) mass is 417 g/mol. The summed E-state index contributed by atoms with van der Waals surface area (Å²) in [4.78, 5) is 23.3. The molecule has 0 aliphatic heterocycles. The predicted octanol–water partition coefficient (Wildman–Crippen LogP) is 2.79. The number of aliphatic carboxylic acids is 1. The highest BCUT2D eigenvalue weighted by molar-refractivity contribution is 9.10. The number of amides is 1. The Bertz CT molecular complexity index is 949. The normalized spacial score (nSPS) is 11.9. The average molecular weight is 418 g/mol. The van der Waals surface area contributed by atoms with Crippen molar-refractivity contribution in [3.8, 4) is 0 Å². The van der Waals surface area contributed by atoms with Crippen molar-refractivity contribution >= 4 is 33.5 Å². The fourth-order valence-corrected chi connectivity index (χ4v) is 2.67. The van der Waals surface area contributed by atoms with E-state index in [-0.39, 0.29) is 5.91 Å². The Morgan fingerprint density at radius 2 is 2.08 bits per heavy atom. The molecule has 2 N–H and O–H groups in total. The van der Waals surface area contributed by atoms with Crippen molar-refractivity contribution in [2.75, 3.05) is 5.32 Å². The van der Waals surface area contributed by atoms with Crippen molar-refractivity contribution in [1.29, 1.82) is 0 Å². The third-order valence-electron chi connectivity index (χ3n) is 3.75. The number of hydrogen-bond acceptors (Lipinski definition) is 4. The summed E-state index contributed by atoms with van der Waals surface area (Å²) in [6.07, 6.45) is 6.34. The van der Waals surface area contributed by atoms with Gasteiger partial charge in [-0.15, -0.1) is 0 Å². The van der Waals surface area contributed by atoms with Gasteiger partial charge in [0.15, 0.2) is 0 Å². The van der Waals surface area contributed by atoms with Gasteiger partial charge in [0, 0.05) is 18.1 Å². The van der Waals surface area contributed by atoms with Crippen molar-refractivity contribution in [2.45, 2.75) is 19.5 Å². The van der Waals surface area contributed by atoms with Gasteiger partial charge in [-0.3, -0.25) is 14.2 Å². The molecule has 0 fully saturated rings. The van der Waals surface area contributed by atoms with Gasteiger partial charge in [-0.25, -0.2) is 4.79 Å². The van der Waals surface area contributed by atoms with Crippen molar-refractivity contribution in [1.82, 2.24) is 19.6 Å². The number of carboxylic acids is 1. The van der Waals surface area contributed by atoms with Gasteiger partial charge >= 0.3 is 5.97 Å². The molecule has 2 aromatic heterocycles. The molecule has 1 atom stereocenters. The number of nitrogens with one attached hydrogen (secondary N) is 1. The SMILES string of the molecule is CC(C(=O)O)n1cc(C(=O)Nc2cccc(Cn3cc(Br)cn3)c2)cn1. The van der Waals surface area contributed by atoms with Crippen molar-refractivity contribution < 1.29 is 14.7 Å². The molecule has 0 radical (unpaired) electrons. The Hall–Kier alpha value is -2.94. The average Bonchev–Trinajstić information content (AvgIpc) is 3.24. The molecule has 26 heavy (non-hydrogen) atoms.